The molecule has 0 aliphatic rings. The first-order chi connectivity index (χ1) is 6.33. The quantitative estimate of drug-likeness (QED) is 0.613. The Morgan fingerprint density at radius 2 is 2.23 bits per heavy atom. The van der Waals surface area contributed by atoms with Crippen LogP contribution in [0.3, 0.4) is 0 Å². The van der Waals surface area contributed by atoms with Gasteiger partial charge in [0.1, 0.15) is 0 Å². The summed E-state index contributed by atoms with van der Waals surface area (Å²) in [7, 11) is 0. The molecule has 1 aromatic rings. The summed E-state index contributed by atoms with van der Waals surface area (Å²) in [4.78, 5) is 0. The van der Waals surface area contributed by atoms with Crippen molar-refractivity contribution in [2.75, 3.05) is 6.61 Å². The second-order valence-corrected chi connectivity index (χ2v) is 2.56. The minimum atomic E-state index is 0.795. The number of halogens is 1. The summed E-state index contributed by atoms with van der Waals surface area (Å²) in [5.41, 5.74) is 1.12. The van der Waals surface area contributed by atoms with E-state index < -0.39 is 0 Å². The number of hydrogen-bond donors (Lipinski definition) is 0. The molecule has 0 aliphatic carbocycles. The number of rotatable bonds is 3. The average Bonchev–Trinajstić information content (AvgIpc) is 2.18. The first kappa shape index (κ1) is 13.1. The number of hydrogen-bond acceptors (Lipinski definition) is 1. The van der Waals surface area contributed by atoms with E-state index in [2.05, 4.69) is 26.6 Å². The van der Waals surface area contributed by atoms with Gasteiger partial charge in [0, 0.05) is 5.75 Å². The van der Waals surface area contributed by atoms with E-state index in [0.717, 1.165) is 24.3 Å². The summed E-state index contributed by atoms with van der Waals surface area (Å²) in [5, 5.41) is 0. The molecule has 0 heterocycles. The van der Waals surface area contributed by atoms with E-state index in [0.29, 0.717) is 0 Å². The molecular formula is C10H13BrOZn. The van der Waals surface area contributed by atoms with E-state index in [9.17, 15) is 0 Å². The summed E-state index contributed by atoms with van der Waals surface area (Å²) < 4.78 is 5.42. The first-order valence-electron chi connectivity index (χ1n) is 4.21. The van der Waals surface area contributed by atoms with E-state index >= 15 is 0 Å². The van der Waals surface area contributed by atoms with Crippen molar-refractivity contribution in [1.82, 2.24) is 0 Å². The maximum absolute atomic E-state index is 5.42. The Labute approximate surface area is 96.9 Å². The fraction of sp³-hybridized carbons (Fsp3) is 0.400. The molecule has 68 valence electrons. The van der Waals surface area contributed by atoms with Gasteiger partial charge in [-0.05, 0) is 6.42 Å². The van der Waals surface area contributed by atoms with E-state index in [1.54, 1.807) is 0 Å². The molecule has 0 atom stereocenters. The molecule has 0 aliphatic heterocycles. The normalized spacial score (nSPS) is 8.69. The van der Waals surface area contributed by atoms with Crippen LogP contribution in [-0.4, -0.2) is 6.61 Å². The Morgan fingerprint density at radius 3 is 2.77 bits per heavy atom. The van der Waals surface area contributed by atoms with Crippen LogP contribution in [0, 0.1) is 13.0 Å². The first-order valence-corrected chi connectivity index (χ1v) is 11.2. The molecule has 0 spiro atoms. The van der Waals surface area contributed by atoms with Crippen LogP contribution < -0.4 is 4.74 Å². The van der Waals surface area contributed by atoms with Crippen LogP contribution in [0.1, 0.15) is 18.9 Å². The molecule has 1 aromatic carbocycles. The molecule has 0 N–H and O–H groups in total. The summed E-state index contributed by atoms with van der Waals surface area (Å²) in [6.07, 6.45) is 1.05. The summed E-state index contributed by atoms with van der Waals surface area (Å²) in [6, 6.07) is 8.89. The van der Waals surface area contributed by atoms with Crippen LogP contribution >= 0.6 is 13.6 Å². The predicted molar refractivity (Wildman–Crippen MR) is 54.7 cm³/mol. The van der Waals surface area contributed by atoms with E-state index in [4.69, 9.17) is 4.74 Å². The zero-order valence-electron chi connectivity index (χ0n) is 8.14. The van der Waals surface area contributed by atoms with Crippen LogP contribution in [0.2, 0.25) is 0 Å². The third kappa shape index (κ3) is 6.23. The van der Waals surface area contributed by atoms with Gasteiger partial charge in [-0.2, -0.15) is 17.7 Å². The van der Waals surface area contributed by atoms with Gasteiger partial charge < -0.3 is 4.74 Å². The van der Waals surface area contributed by atoms with Crippen LogP contribution in [0.25, 0.3) is 0 Å². The number of aryl methyl sites for hydroxylation is 1. The maximum atomic E-state index is 5.42. The molecule has 13 heavy (non-hydrogen) atoms. The second kappa shape index (κ2) is 8.71. The van der Waals surface area contributed by atoms with Crippen molar-refractivity contribution >= 4 is 13.6 Å². The molecule has 1 nitrogen and oxygen atoms in total. The monoisotopic (exact) mass is 292 g/mol. The summed E-state index contributed by atoms with van der Waals surface area (Å²) >= 11 is 4.25. The third-order valence-electron chi connectivity index (χ3n) is 1.39. The van der Waals surface area contributed by atoms with Crippen molar-refractivity contribution in [3.8, 4) is 5.75 Å². The minimum absolute atomic E-state index is 0.795. The fourth-order valence-corrected chi connectivity index (χ4v) is 0.868. The van der Waals surface area contributed by atoms with Crippen molar-refractivity contribution in [3.63, 3.8) is 0 Å². The van der Waals surface area contributed by atoms with E-state index in [1.807, 2.05) is 25.1 Å². The Kier molecular flexibility index (Phi) is 8.79. The van der Waals surface area contributed by atoms with Crippen LogP contribution in [-0.2, 0) is 16.3 Å². The van der Waals surface area contributed by atoms with Gasteiger partial charge in [-0.1, -0.05) is 13.8 Å². The Balaban J connectivity index is 0.000000671. The molecule has 0 radical (unpaired) electrons. The zero-order chi connectivity index (χ0) is 10.1. The van der Waals surface area contributed by atoms with Gasteiger partial charge in [0.15, 0.2) is 0 Å². The SMILES string of the molecule is CCCOc1cc[c-]c(C)c1.[Zn+][Br]. The van der Waals surface area contributed by atoms with Crippen molar-refractivity contribution in [2.45, 2.75) is 20.3 Å². The molecule has 3 heteroatoms. The Morgan fingerprint density at radius 1 is 1.54 bits per heavy atom. The zero-order valence-corrected chi connectivity index (χ0v) is 12.7. The number of benzene rings is 1. The van der Waals surface area contributed by atoms with Crippen molar-refractivity contribution in [2.24, 2.45) is 0 Å². The molecular weight excluding hydrogens is 281 g/mol. The van der Waals surface area contributed by atoms with Crippen LogP contribution in [0.15, 0.2) is 18.2 Å². The van der Waals surface area contributed by atoms with E-state index in [-0.39, 0.29) is 0 Å². The second-order valence-electron chi connectivity index (χ2n) is 2.56. The average molecular weight is 295 g/mol. The van der Waals surface area contributed by atoms with E-state index in [1.165, 1.54) is 16.3 Å². The Hall–Kier alpha value is 0.123. The predicted octanol–water partition coefficient (Wildman–Crippen LogP) is 3.43. The van der Waals surface area contributed by atoms with Gasteiger partial charge in [0.25, 0.3) is 0 Å². The molecule has 0 unspecified atom stereocenters. The van der Waals surface area contributed by atoms with Gasteiger partial charge >= 0.3 is 30.0 Å². The van der Waals surface area contributed by atoms with Crippen molar-refractivity contribution < 1.29 is 21.1 Å². The molecule has 0 saturated carbocycles. The molecule has 0 saturated heterocycles. The van der Waals surface area contributed by atoms with Gasteiger partial charge in [0.05, 0.1) is 6.61 Å². The van der Waals surface area contributed by atoms with Gasteiger partial charge in [-0.15, -0.1) is 12.1 Å². The van der Waals surface area contributed by atoms with Crippen LogP contribution in [0.4, 0.5) is 0 Å². The fourth-order valence-electron chi connectivity index (χ4n) is 0.868. The standard InChI is InChI=1S/C10H13O.BrH.Zn/c1-3-7-11-10-6-4-5-9(2)8-10;;/h4,6,8H,3,7H2,1-2H3;1H;/q-1;;+2/p-1. The molecule has 0 aromatic heterocycles. The van der Waals surface area contributed by atoms with Crippen LogP contribution in [0.5, 0.6) is 5.75 Å². The van der Waals surface area contributed by atoms with Crippen molar-refractivity contribution in [1.29, 1.82) is 0 Å². The van der Waals surface area contributed by atoms with Crippen molar-refractivity contribution in [3.05, 3.63) is 29.8 Å². The molecule has 1 rings (SSSR count). The van der Waals surface area contributed by atoms with Gasteiger partial charge in [-0.25, -0.2) is 0 Å². The summed E-state index contributed by atoms with van der Waals surface area (Å²) in [6.45, 7) is 4.91. The molecule has 0 fully saturated rings. The van der Waals surface area contributed by atoms with Gasteiger partial charge in [0.2, 0.25) is 0 Å². The topological polar surface area (TPSA) is 9.23 Å². The third-order valence-corrected chi connectivity index (χ3v) is 1.39. The molecule has 0 bridgehead atoms. The number of ether oxygens (including phenoxy) is 1. The molecule has 0 amide bonds. The van der Waals surface area contributed by atoms with Gasteiger partial charge in [-0.3, -0.25) is 0 Å². The summed E-state index contributed by atoms with van der Waals surface area (Å²) in [5.74, 6) is 0.947. The Bertz CT molecular complexity index is 228.